The number of benzene rings is 2. The molecule has 7 nitrogen and oxygen atoms in total. The minimum Gasteiger partial charge on any atom is -0.493 e. The van der Waals surface area contributed by atoms with Gasteiger partial charge in [-0.2, -0.15) is 0 Å². The molecule has 0 spiro atoms. The van der Waals surface area contributed by atoms with Crippen LogP contribution in [-0.2, 0) is 9.53 Å². The maximum absolute atomic E-state index is 12.9. The summed E-state index contributed by atoms with van der Waals surface area (Å²) in [4.78, 5) is 25.5. The molecule has 0 bridgehead atoms. The summed E-state index contributed by atoms with van der Waals surface area (Å²) < 4.78 is 56.7. The molecule has 188 valence electrons. The first kappa shape index (κ1) is 25.9. The maximum Gasteiger partial charge on any atom is 0.573 e. The third-order valence-corrected chi connectivity index (χ3v) is 5.52. The van der Waals surface area contributed by atoms with Crippen molar-refractivity contribution in [2.45, 2.75) is 31.7 Å². The van der Waals surface area contributed by atoms with Crippen LogP contribution in [0.25, 0.3) is 0 Å². The molecule has 0 heterocycles. The fraction of sp³-hybridized carbons (Fsp3) is 0.360. The molecule has 1 aliphatic rings. The van der Waals surface area contributed by atoms with Crippen molar-refractivity contribution in [1.82, 2.24) is 5.32 Å². The molecule has 0 fully saturated rings. The molecule has 35 heavy (non-hydrogen) atoms. The van der Waals surface area contributed by atoms with Crippen molar-refractivity contribution in [2.24, 2.45) is 5.92 Å². The van der Waals surface area contributed by atoms with E-state index in [1.54, 1.807) is 31.2 Å². The Hall–Kier alpha value is -3.69. The molecule has 0 saturated heterocycles. The summed E-state index contributed by atoms with van der Waals surface area (Å²) >= 11 is 0. The highest BCUT2D eigenvalue weighted by molar-refractivity contribution is 5.94. The van der Waals surface area contributed by atoms with Crippen LogP contribution < -0.4 is 19.5 Å². The highest BCUT2D eigenvalue weighted by Gasteiger charge is 2.35. The monoisotopic (exact) mass is 493 g/mol. The Morgan fingerprint density at radius 1 is 1.03 bits per heavy atom. The zero-order valence-corrected chi connectivity index (χ0v) is 19.4. The molecule has 2 aromatic rings. The number of rotatable bonds is 9. The smallest absolute Gasteiger partial charge is 0.493 e. The fourth-order valence-electron chi connectivity index (χ4n) is 3.98. The van der Waals surface area contributed by atoms with Crippen molar-refractivity contribution >= 4 is 11.9 Å². The van der Waals surface area contributed by atoms with Crippen molar-refractivity contribution in [3.63, 3.8) is 0 Å². The molecule has 0 radical (unpaired) electrons. The number of esters is 1. The van der Waals surface area contributed by atoms with E-state index >= 15 is 0 Å². The lowest BCUT2D eigenvalue weighted by molar-refractivity contribution is -0.274. The Morgan fingerprint density at radius 3 is 2.31 bits per heavy atom. The maximum atomic E-state index is 12.9. The van der Waals surface area contributed by atoms with E-state index in [4.69, 9.17) is 14.2 Å². The molecule has 0 aliphatic heterocycles. The number of allylic oxidation sites excluding steroid dienone is 1. The second-order valence-electron chi connectivity index (χ2n) is 7.78. The van der Waals surface area contributed by atoms with Crippen LogP contribution in [0, 0.1) is 5.92 Å². The predicted molar refractivity (Wildman–Crippen MR) is 121 cm³/mol. The van der Waals surface area contributed by atoms with Crippen LogP contribution in [0.15, 0.2) is 54.6 Å². The lowest BCUT2D eigenvalue weighted by atomic mass is 9.85. The van der Waals surface area contributed by atoms with E-state index in [9.17, 15) is 22.8 Å². The van der Waals surface area contributed by atoms with Gasteiger partial charge >= 0.3 is 12.3 Å². The topological polar surface area (TPSA) is 83.1 Å². The lowest BCUT2D eigenvalue weighted by Crippen LogP contribution is -2.33. The Labute approximate surface area is 200 Å². The van der Waals surface area contributed by atoms with Crippen LogP contribution in [0.2, 0.25) is 0 Å². The Bertz CT molecular complexity index is 1070. The number of ether oxygens (including phenoxy) is 4. The van der Waals surface area contributed by atoms with Gasteiger partial charge in [0, 0.05) is 11.6 Å². The zero-order chi connectivity index (χ0) is 25.6. The van der Waals surface area contributed by atoms with Crippen LogP contribution in [0.3, 0.4) is 0 Å². The third-order valence-electron chi connectivity index (χ3n) is 5.52. The molecule has 1 amide bonds. The number of halogens is 3. The largest absolute Gasteiger partial charge is 0.573 e. The van der Waals surface area contributed by atoms with Gasteiger partial charge in [-0.05, 0) is 61.2 Å². The summed E-state index contributed by atoms with van der Waals surface area (Å²) in [6.45, 7) is 1.94. The number of alkyl halides is 3. The summed E-state index contributed by atoms with van der Waals surface area (Å²) in [5.41, 5.74) is 0.862. The van der Waals surface area contributed by atoms with Crippen molar-refractivity contribution in [3.05, 3.63) is 65.7 Å². The molecule has 10 heteroatoms. The highest BCUT2D eigenvalue weighted by Crippen LogP contribution is 2.38. The van der Waals surface area contributed by atoms with Crippen molar-refractivity contribution < 1.29 is 41.7 Å². The molecular weight excluding hydrogens is 467 g/mol. The minimum atomic E-state index is -4.81. The zero-order valence-electron chi connectivity index (χ0n) is 19.4. The minimum absolute atomic E-state index is 0.179. The second kappa shape index (κ2) is 11.2. The first-order valence-corrected chi connectivity index (χ1v) is 10.9. The fourth-order valence-corrected chi connectivity index (χ4v) is 3.98. The Morgan fingerprint density at radius 2 is 1.71 bits per heavy atom. The van der Waals surface area contributed by atoms with Crippen LogP contribution >= 0.6 is 0 Å². The van der Waals surface area contributed by atoms with E-state index in [0.717, 1.165) is 12.1 Å². The third kappa shape index (κ3) is 6.68. The van der Waals surface area contributed by atoms with E-state index in [1.165, 1.54) is 26.4 Å². The van der Waals surface area contributed by atoms with Gasteiger partial charge in [0.15, 0.2) is 11.5 Å². The van der Waals surface area contributed by atoms with E-state index in [0.29, 0.717) is 23.5 Å². The number of carbonyl (C=O) groups excluding carboxylic acids is 2. The molecule has 3 rings (SSSR count). The van der Waals surface area contributed by atoms with Gasteiger partial charge in [0.1, 0.15) is 5.75 Å². The van der Waals surface area contributed by atoms with Crippen LogP contribution in [0.4, 0.5) is 13.2 Å². The molecule has 3 atom stereocenters. The summed E-state index contributed by atoms with van der Waals surface area (Å²) in [5, 5.41) is 2.83. The van der Waals surface area contributed by atoms with E-state index in [-0.39, 0.29) is 24.1 Å². The van der Waals surface area contributed by atoms with E-state index < -0.39 is 29.9 Å². The number of amides is 1. The van der Waals surface area contributed by atoms with Gasteiger partial charge in [-0.15, -0.1) is 13.2 Å². The lowest BCUT2D eigenvalue weighted by Gasteiger charge is -2.23. The molecule has 1 N–H and O–H groups in total. The van der Waals surface area contributed by atoms with E-state index in [2.05, 4.69) is 10.1 Å². The molecule has 0 unspecified atom stereocenters. The number of nitrogens with one attached hydrogen (secondary N) is 1. The van der Waals surface area contributed by atoms with Gasteiger partial charge in [-0.1, -0.05) is 18.2 Å². The highest BCUT2D eigenvalue weighted by atomic mass is 19.4. The van der Waals surface area contributed by atoms with Crippen molar-refractivity contribution in [2.75, 3.05) is 20.8 Å². The van der Waals surface area contributed by atoms with Crippen LogP contribution in [0.1, 0.15) is 35.2 Å². The standard InChI is InChI=1S/C25H26F3NO6/c1-4-34-24(31)22(17-8-12-20(32-2)21(14-17)33-3)16-5-9-18(13-16)29-23(30)15-6-10-19(11-7-15)35-25(26,27)28/h5-12,14,16,18,22H,4,13H2,1-3H3,(H,29,30)/t16-,18-,22-/m0/s1. The molecule has 2 aromatic carbocycles. The summed E-state index contributed by atoms with van der Waals surface area (Å²) in [6, 6.07) is 9.47. The quantitative estimate of drug-likeness (QED) is 0.405. The first-order chi connectivity index (χ1) is 16.6. The van der Waals surface area contributed by atoms with Crippen molar-refractivity contribution in [1.29, 1.82) is 0 Å². The van der Waals surface area contributed by atoms with Gasteiger partial charge in [0.2, 0.25) is 0 Å². The number of hydrogen-bond acceptors (Lipinski definition) is 6. The molecule has 0 saturated carbocycles. The molecule has 1 aliphatic carbocycles. The number of carbonyl (C=O) groups is 2. The van der Waals surface area contributed by atoms with Gasteiger partial charge in [-0.3, -0.25) is 9.59 Å². The normalized spacial score (nSPS) is 18.0. The van der Waals surface area contributed by atoms with Gasteiger partial charge in [0.05, 0.1) is 26.7 Å². The van der Waals surface area contributed by atoms with Gasteiger partial charge < -0.3 is 24.3 Å². The van der Waals surface area contributed by atoms with Gasteiger partial charge in [0.25, 0.3) is 5.91 Å². The summed E-state index contributed by atoms with van der Waals surface area (Å²) in [7, 11) is 3.02. The molecular formula is C25H26F3NO6. The SMILES string of the molecule is CCOC(=O)[C@H](c1ccc(OC)c(OC)c1)[C@H]1C=C[C@H](NC(=O)c2ccc(OC(F)(F)F)cc2)C1. The second-order valence-corrected chi connectivity index (χ2v) is 7.78. The van der Waals surface area contributed by atoms with Gasteiger partial charge in [-0.25, -0.2) is 0 Å². The van der Waals surface area contributed by atoms with Crippen LogP contribution in [-0.4, -0.2) is 45.1 Å². The number of hydrogen-bond donors (Lipinski definition) is 1. The predicted octanol–water partition coefficient (Wildman–Crippen LogP) is 4.62. The Kier molecular flexibility index (Phi) is 8.26. The number of methoxy groups -OCH3 is 2. The average molecular weight is 493 g/mol. The van der Waals surface area contributed by atoms with E-state index in [1.807, 2.05) is 6.08 Å². The Balaban J connectivity index is 1.71. The first-order valence-electron chi connectivity index (χ1n) is 10.9. The average Bonchev–Trinajstić information content (AvgIpc) is 3.26. The van der Waals surface area contributed by atoms with Crippen molar-refractivity contribution in [3.8, 4) is 17.2 Å². The summed E-state index contributed by atoms with van der Waals surface area (Å²) in [6.07, 6.45) is -0.740. The van der Waals surface area contributed by atoms with Crippen LogP contribution in [0.5, 0.6) is 17.2 Å². The summed E-state index contributed by atoms with van der Waals surface area (Å²) in [5.74, 6) is -1.17. The molecule has 0 aromatic heterocycles.